The van der Waals surface area contributed by atoms with E-state index in [4.69, 9.17) is 0 Å². The third kappa shape index (κ3) is 2.86. The van der Waals surface area contributed by atoms with Crippen LogP contribution in [0.4, 0.5) is 22.4 Å². The van der Waals surface area contributed by atoms with Crippen LogP contribution in [0.3, 0.4) is 0 Å². The lowest BCUT2D eigenvalue weighted by molar-refractivity contribution is 0.129. The summed E-state index contributed by atoms with van der Waals surface area (Å²) >= 11 is 0. The molecule has 1 aliphatic heterocycles. The van der Waals surface area contributed by atoms with Crippen LogP contribution in [-0.4, -0.2) is 24.1 Å². The van der Waals surface area contributed by atoms with Crippen LogP contribution < -0.4 is 4.74 Å². The summed E-state index contributed by atoms with van der Waals surface area (Å²) in [6, 6.07) is 0.0601. The number of halogens is 4. The van der Waals surface area contributed by atoms with Crippen LogP contribution in [0.2, 0.25) is 0 Å². The highest BCUT2D eigenvalue weighted by Gasteiger charge is 2.27. The van der Waals surface area contributed by atoms with Gasteiger partial charge in [0.1, 0.15) is 0 Å². The molecule has 1 aromatic carbocycles. The van der Waals surface area contributed by atoms with E-state index in [2.05, 4.69) is 4.74 Å². The monoisotopic (exact) mass is 291 g/mol. The maximum atomic E-state index is 13.4. The maximum absolute atomic E-state index is 13.4. The Labute approximate surface area is 113 Å². The first-order chi connectivity index (χ1) is 9.40. The van der Waals surface area contributed by atoms with Crippen molar-refractivity contribution in [1.29, 1.82) is 0 Å². The van der Waals surface area contributed by atoms with E-state index in [1.54, 1.807) is 0 Å². The van der Waals surface area contributed by atoms with E-state index in [0.29, 0.717) is 19.0 Å². The fourth-order valence-electron chi connectivity index (χ4n) is 1.98. The van der Waals surface area contributed by atoms with Crippen LogP contribution in [0.25, 0.3) is 0 Å². The summed E-state index contributed by atoms with van der Waals surface area (Å²) in [5.74, 6) is -7.56. The van der Waals surface area contributed by atoms with E-state index < -0.39 is 35.1 Å². The van der Waals surface area contributed by atoms with Crippen molar-refractivity contribution in [2.45, 2.75) is 19.8 Å². The Kier molecular flexibility index (Phi) is 4.15. The molecular formula is C13H13F4NO2. The largest absolute Gasteiger partial charge is 0.415 e. The van der Waals surface area contributed by atoms with Gasteiger partial charge in [0.15, 0.2) is 11.6 Å². The molecule has 0 aliphatic carbocycles. The van der Waals surface area contributed by atoms with Crippen LogP contribution in [0.5, 0.6) is 5.75 Å². The van der Waals surface area contributed by atoms with Crippen molar-refractivity contribution >= 4 is 6.09 Å². The molecule has 1 saturated heterocycles. The van der Waals surface area contributed by atoms with Gasteiger partial charge in [-0.1, -0.05) is 6.92 Å². The van der Waals surface area contributed by atoms with Crippen molar-refractivity contribution in [3.8, 4) is 5.75 Å². The molecule has 7 heteroatoms. The van der Waals surface area contributed by atoms with Gasteiger partial charge in [0, 0.05) is 19.2 Å². The van der Waals surface area contributed by atoms with Crippen LogP contribution in [-0.2, 0) is 0 Å². The Morgan fingerprint density at radius 2 is 1.65 bits per heavy atom. The number of hydrogen-bond donors (Lipinski definition) is 0. The standard InChI is InChI=1S/C13H13F4NO2/c1-7-2-4-18(5-3-7)13(19)20-12-10(16)8(14)6-9(15)11(12)17/h6-7H,2-5H2,1H3. The van der Waals surface area contributed by atoms with Crippen LogP contribution in [0, 0.1) is 29.2 Å². The highest BCUT2D eigenvalue weighted by molar-refractivity contribution is 5.71. The van der Waals surface area contributed by atoms with Crippen molar-refractivity contribution in [2.24, 2.45) is 5.92 Å². The number of piperidine rings is 1. The average Bonchev–Trinajstić information content (AvgIpc) is 2.42. The number of rotatable bonds is 1. The molecule has 1 heterocycles. The number of ether oxygens (including phenoxy) is 1. The number of carbonyl (C=O) groups is 1. The quantitative estimate of drug-likeness (QED) is 0.585. The lowest BCUT2D eigenvalue weighted by Gasteiger charge is -2.29. The van der Waals surface area contributed by atoms with Gasteiger partial charge in [0.2, 0.25) is 17.4 Å². The zero-order valence-electron chi connectivity index (χ0n) is 10.8. The van der Waals surface area contributed by atoms with Crippen molar-refractivity contribution in [3.63, 3.8) is 0 Å². The summed E-state index contributed by atoms with van der Waals surface area (Å²) in [4.78, 5) is 13.0. The smallest absolute Gasteiger partial charge is 0.404 e. The zero-order valence-corrected chi connectivity index (χ0v) is 10.8. The fraction of sp³-hybridized carbons (Fsp3) is 0.462. The van der Waals surface area contributed by atoms with Gasteiger partial charge in [-0.25, -0.2) is 13.6 Å². The number of amides is 1. The Hall–Kier alpha value is -1.79. The SMILES string of the molecule is CC1CCN(C(=O)Oc2c(F)c(F)cc(F)c2F)CC1. The first-order valence-electron chi connectivity index (χ1n) is 6.20. The first-order valence-corrected chi connectivity index (χ1v) is 6.20. The molecule has 0 atom stereocenters. The lowest BCUT2D eigenvalue weighted by Crippen LogP contribution is -2.39. The van der Waals surface area contributed by atoms with Crippen molar-refractivity contribution in [3.05, 3.63) is 29.3 Å². The highest BCUT2D eigenvalue weighted by Crippen LogP contribution is 2.27. The van der Waals surface area contributed by atoms with Gasteiger partial charge in [0.05, 0.1) is 0 Å². The molecule has 1 amide bonds. The van der Waals surface area contributed by atoms with Crippen LogP contribution in [0.1, 0.15) is 19.8 Å². The van der Waals surface area contributed by atoms with E-state index in [1.807, 2.05) is 6.92 Å². The second-order valence-electron chi connectivity index (χ2n) is 4.83. The second kappa shape index (κ2) is 5.68. The number of hydrogen-bond acceptors (Lipinski definition) is 2. The van der Waals surface area contributed by atoms with Crippen LogP contribution in [0.15, 0.2) is 6.07 Å². The maximum Gasteiger partial charge on any atom is 0.415 e. The Balaban J connectivity index is 2.16. The molecule has 1 aromatic rings. The predicted molar refractivity (Wildman–Crippen MR) is 62.3 cm³/mol. The van der Waals surface area contributed by atoms with E-state index >= 15 is 0 Å². The van der Waals surface area contributed by atoms with E-state index in [1.165, 1.54) is 4.90 Å². The molecule has 1 aliphatic rings. The zero-order chi connectivity index (χ0) is 14.9. The summed E-state index contributed by atoms with van der Waals surface area (Å²) in [6.07, 6.45) is 0.453. The summed E-state index contributed by atoms with van der Waals surface area (Å²) in [6.45, 7) is 2.77. The first kappa shape index (κ1) is 14.6. The van der Waals surface area contributed by atoms with Gasteiger partial charge >= 0.3 is 6.09 Å². The Morgan fingerprint density at radius 1 is 1.15 bits per heavy atom. The molecule has 3 nitrogen and oxygen atoms in total. The van der Waals surface area contributed by atoms with E-state index in [9.17, 15) is 22.4 Å². The fourth-order valence-corrected chi connectivity index (χ4v) is 1.98. The normalized spacial score (nSPS) is 16.4. The third-order valence-electron chi connectivity index (χ3n) is 3.30. The van der Waals surface area contributed by atoms with Crippen LogP contribution >= 0.6 is 0 Å². The molecule has 0 N–H and O–H groups in total. The summed E-state index contributed by atoms with van der Waals surface area (Å²) in [5.41, 5.74) is 0. The van der Waals surface area contributed by atoms with Gasteiger partial charge in [0.25, 0.3) is 0 Å². The van der Waals surface area contributed by atoms with Crippen molar-refractivity contribution < 1.29 is 27.1 Å². The topological polar surface area (TPSA) is 29.5 Å². The lowest BCUT2D eigenvalue weighted by atomic mass is 10.00. The molecule has 0 aromatic heterocycles. The van der Waals surface area contributed by atoms with Gasteiger partial charge in [-0.15, -0.1) is 0 Å². The van der Waals surface area contributed by atoms with Gasteiger partial charge in [-0.05, 0) is 18.8 Å². The van der Waals surface area contributed by atoms with E-state index in [-0.39, 0.29) is 6.07 Å². The second-order valence-corrected chi connectivity index (χ2v) is 4.83. The minimum atomic E-state index is -1.72. The molecule has 2 rings (SSSR count). The summed E-state index contributed by atoms with van der Waals surface area (Å²) in [7, 11) is 0. The Morgan fingerprint density at radius 3 is 2.15 bits per heavy atom. The number of carbonyl (C=O) groups excluding carboxylic acids is 1. The van der Waals surface area contributed by atoms with Crippen molar-refractivity contribution in [2.75, 3.05) is 13.1 Å². The predicted octanol–water partition coefficient (Wildman–Crippen LogP) is 3.47. The third-order valence-corrected chi connectivity index (χ3v) is 3.30. The summed E-state index contributed by atoms with van der Waals surface area (Å²) < 4.78 is 57.1. The minimum absolute atomic E-state index is 0.0601. The number of likely N-dealkylation sites (tertiary alicyclic amines) is 1. The molecule has 0 unspecified atom stereocenters. The highest BCUT2D eigenvalue weighted by atomic mass is 19.2. The molecule has 0 saturated carbocycles. The molecule has 0 spiro atoms. The number of nitrogens with zero attached hydrogens (tertiary/aromatic N) is 1. The van der Waals surface area contributed by atoms with E-state index in [0.717, 1.165) is 12.8 Å². The molecule has 0 bridgehead atoms. The molecular weight excluding hydrogens is 278 g/mol. The van der Waals surface area contributed by atoms with Gasteiger partial charge in [-0.3, -0.25) is 0 Å². The molecule has 110 valence electrons. The Bertz CT molecular complexity index is 501. The number of benzene rings is 1. The average molecular weight is 291 g/mol. The summed E-state index contributed by atoms with van der Waals surface area (Å²) in [5, 5.41) is 0. The van der Waals surface area contributed by atoms with Crippen molar-refractivity contribution in [1.82, 2.24) is 4.90 Å². The van der Waals surface area contributed by atoms with Gasteiger partial charge in [-0.2, -0.15) is 8.78 Å². The molecule has 0 radical (unpaired) electrons. The van der Waals surface area contributed by atoms with Gasteiger partial charge < -0.3 is 9.64 Å². The molecule has 1 fully saturated rings. The minimum Gasteiger partial charge on any atom is -0.404 e. The molecule has 20 heavy (non-hydrogen) atoms.